The second-order valence-electron chi connectivity index (χ2n) is 2.69. The van der Waals surface area contributed by atoms with Crippen LogP contribution in [0.4, 0.5) is 0 Å². The quantitative estimate of drug-likeness (QED) is 0.712. The van der Waals surface area contributed by atoms with Gasteiger partial charge in [0.05, 0.1) is 19.2 Å². The number of carbonyl (C=O) groups is 2. The molecule has 15 heavy (non-hydrogen) atoms. The van der Waals surface area contributed by atoms with Gasteiger partial charge in [-0.2, -0.15) is 0 Å². The summed E-state index contributed by atoms with van der Waals surface area (Å²) in [6, 6.07) is 1.44. The molecule has 0 unspecified atom stereocenters. The fourth-order valence-corrected chi connectivity index (χ4v) is 0.931. The lowest BCUT2D eigenvalue weighted by atomic mass is 10.4. The van der Waals surface area contributed by atoms with Gasteiger partial charge in [0.1, 0.15) is 0 Å². The average Bonchev–Trinajstić information content (AvgIpc) is 2.70. The number of carbonyl (C=O) groups excluding carboxylic acids is 2. The molecule has 6 heteroatoms. The number of nitrogens with one attached hydrogen (secondary N) is 1. The number of nitrogens with zero attached hydrogens (tertiary/aromatic N) is 1. The average molecular weight is 212 g/mol. The summed E-state index contributed by atoms with van der Waals surface area (Å²) in [5.74, 6) is -0.606. The molecule has 0 saturated carbocycles. The third-order valence-electron chi connectivity index (χ3n) is 1.58. The molecule has 0 fully saturated rings. The molecule has 0 aliphatic heterocycles. The van der Waals surface area contributed by atoms with Gasteiger partial charge in [0.2, 0.25) is 5.76 Å². The van der Waals surface area contributed by atoms with E-state index in [-0.39, 0.29) is 24.7 Å². The molecule has 0 bridgehead atoms. The van der Waals surface area contributed by atoms with Crippen LogP contribution in [0.2, 0.25) is 0 Å². The van der Waals surface area contributed by atoms with E-state index in [2.05, 4.69) is 19.7 Å². The van der Waals surface area contributed by atoms with Crippen molar-refractivity contribution in [3.05, 3.63) is 18.0 Å². The Labute approximate surface area is 86.6 Å². The largest absolute Gasteiger partial charge is 0.466 e. The van der Waals surface area contributed by atoms with Gasteiger partial charge in [0.15, 0.2) is 0 Å². The Morgan fingerprint density at radius 3 is 3.00 bits per heavy atom. The standard InChI is InChI=1S/C9H12N2O4/c1-2-14-8(12)4-5-10-9(13)7-3-6-11-15-7/h3,6H,2,4-5H2,1H3,(H,10,13). The number of ether oxygens (including phenoxy) is 1. The van der Waals surface area contributed by atoms with Gasteiger partial charge in [-0.25, -0.2) is 0 Å². The molecular weight excluding hydrogens is 200 g/mol. The van der Waals surface area contributed by atoms with E-state index >= 15 is 0 Å². The fraction of sp³-hybridized carbons (Fsp3) is 0.444. The lowest BCUT2D eigenvalue weighted by Gasteiger charge is -2.02. The van der Waals surface area contributed by atoms with E-state index in [1.54, 1.807) is 6.92 Å². The van der Waals surface area contributed by atoms with Crippen molar-refractivity contribution in [3.8, 4) is 0 Å². The van der Waals surface area contributed by atoms with Crippen LogP contribution in [0.1, 0.15) is 23.9 Å². The normalized spacial score (nSPS) is 9.67. The van der Waals surface area contributed by atoms with Crippen molar-refractivity contribution in [2.45, 2.75) is 13.3 Å². The van der Waals surface area contributed by atoms with Crippen molar-refractivity contribution in [2.24, 2.45) is 0 Å². The van der Waals surface area contributed by atoms with Crippen LogP contribution in [0.25, 0.3) is 0 Å². The molecule has 1 N–H and O–H groups in total. The van der Waals surface area contributed by atoms with Crippen molar-refractivity contribution < 1.29 is 18.8 Å². The van der Waals surface area contributed by atoms with Crippen molar-refractivity contribution >= 4 is 11.9 Å². The Morgan fingerprint density at radius 2 is 2.40 bits per heavy atom. The van der Waals surface area contributed by atoms with Crippen LogP contribution < -0.4 is 5.32 Å². The third kappa shape index (κ3) is 3.80. The minimum atomic E-state index is -0.392. The molecule has 0 saturated heterocycles. The summed E-state index contributed by atoms with van der Waals surface area (Å²) in [6.07, 6.45) is 1.52. The second-order valence-corrected chi connectivity index (χ2v) is 2.69. The molecule has 6 nitrogen and oxygen atoms in total. The first-order valence-corrected chi connectivity index (χ1v) is 4.58. The zero-order valence-electron chi connectivity index (χ0n) is 8.36. The molecular formula is C9H12N2O4. The van der Waals surface area contributed by atoms with Crippen LogP contribution in [0.5, 0.6) is 0 Å². The summed E-state index contributed by atoms with van der Waals surface area (Å²) in [5, 5.41) is 5.89. The number of esters is 1. The van der Waals surface area contributed by atoms with Gasteiger partial charge >= 0.3 is 5.97 Å². The Balaban J connectivity index is 2.21. The third-order valence-corrected chi connectivity index (χ3v) is 1.58. The Bertz CT molecular complexity index is 321. The molecule has 0 atom stereocenters. The van der Waals surface area contributed by atoms with Gasteiger partial charge in [-0.1, -0.05) is 5.16 Å². The van der Waals surface area contributed by atoms with Gasteiger partial charge < -0.3 is 14.6 Å². The molecule has 1 amide bonds. The Hall–Kier alpha value is -1.85. The molecule has 82 valence electrons. The molecule has 1 heterocycles. The zero-order chi connectivity index (χ0) is 11.1. The lowest BCUT2D eigenvalue weighted by molar-refractivity contribution is -0.142. The Morgan fingerprint density at radius 1 is 1.60 bits per heavy atom. The number of hydrogen-bond acceptors (Lipinski definition) is 5. The van der Waals surface area contributed by atoms with Crippen LogP contribution >= 0.6 is 0 Å². The number of rotatable bonds is 5. The topological polar surface area (TPSA) is 81.4 Å². The predicted molar refractivity (Wildman–Crippen MR) is 50.1 cm³/mol. The van der Waals surface area contributed by atoms with Gasteiger partial charge in [-0.3, -0.25) is 9.59 Å². The lowest BCUT2D eigenvalue weighted by Crippen LogP contribution is -2.26. The highest BCUT2D eigenvalue weighted by Crippen LogP contribution is 1.95. The van der Waals surface area contributed by atoms with Gasteiger partial charge in [-0.05, 0) is 6.92 Å². The highest BCUT2D eigenvalue weighted by molar-refractivity contribution is 5.91. The molecule has 0 aliphatic rings. The summed E-state index contributed by atoms with van der Waals surface area (Å²) >= 11 is 0. The fourth-order valence-electron chi connectivity index (χ4n) is 0.931. The maximum absolute atomic E-state index is 11.2. The van der Waals surface area contributed by atoms with E-state index in [1.165, 1.54) is 12.3 Å². The monoisotopic (exact) mass is 212 g/mol. The van der Waals surface area contributed by atoms with E-state index in [0.29, 0.717) is 6.61 Å². The summed E-state index contributed by atoms with van der Waals surface area (Å²) in [6.45, 7) is 2.29. The van der Waals surface area contributed by atoms with Crippen molar-refractivity contribution in [3.63, 3.8) is 0 Å². The first-order valence-electron chi connectivity index (χ1n) is 4.58. The van der Waals surface area contributed by atoms with Gasteiger partial charge in [-0.15, -0.1) is 0 Å². The van der Waals surface area contributed by atoms with E-state index in [0.717, 1.165) is 0 Å². The minimum absolute atomic E-state index is 0.124. The van der Waals surface area contributed by atoms with Crippen LogP contribution in [-0.4, -0.2) is 30.2 Å². The Kier molecular flexibility index (Phi) is 4.33. The second kappa shape index (κ2) is 5.79. The first kappa shape index (κ1) is 11.2. The van der Waals surface area contributed by atoms with Crippen LogP contribution in [0, 0.1) is 0 Å². The van der Waals surface area contributed by atoms with E-state index in [9.17, 15) is 9.59 Å². The van der Waals surface area contributed by atoms with Crippen molar-refractivity contribution in [2.75, 3.05) is 13.2 Å². The maximum Gasteiger partial charge on any atom is 0.307 e. The summed E-state index contributed by atoms with van der Waals surface area (Å²) < 4.78 is 9.31. The molecule has 0 aliphatic carbocycles. The van der Waals surface area contributed by atoms with Crippen LogP contribution in [0.3, 0.4) is 0 Å². The van der Waals surface area contributed by atoms with Crippen molar-refractivity contribution in [1.82, 2.24) is 10.5 Å². The van der Waals surface area contributed by atoms with E-state index in [1.807, 2.05) is 0 Å². The van der Waals surface area contributed by atoms with E-state index < -0.39 is 5.91 Å². The number of aromatic nitrogens is 1. The molecule has 1 aromatic rings. The SMILES string of the molecule is CCOC(=O)CCNC(=O)c1ccno1. The summed E-state index contributed by atoms with van der Waals surface area (Å²) in [7, 11) is 0. The summed E-state index contributed by atoms with van der Waals surface area (Å²) in [4.78, 5) is 22.1. The number of amides is 1. The number of hydrogen-bond donors (Lipinski definition) is 1. The molecule has 0 aromatic carbocycles. The highest BCUT2D eigenvalue weighted by atomic mass is 16.5. The smallest absolute Gasteiger partial charge is 0.307 e. The predicted octanol–water partition coefficient (Wildman–Crippen LogP) is 0.358. The minimum Gasteiger partial charge on any atom is -0.466 e. The highest BCUT2D eigenvalue weighted by Gasteiger charge is 2.09. The van der Waals surface area contributed by atoms with Gasteiger partial charge in [0, 0.05) is 12.6 Å². The summed E-state index contributed by atoms with van der Waals surface area (Å²) in [5.41, 5.74) is 0. The maximum atomic E-state index is 11.2. The van der Waals surface area contributed by atoms with Crippen LogP contribution in [0.15, 0.2) is 16.8 Å². The molecule has 1 aromatic heterocycles. The van der Waals surface area contributed by atoms with Gasteiger partial charge in [0.25, 0.3) is 5.91 Å². The molecule has 0 radical (unpaired) electrons. The van der Waals surface area contributed by atoms with Crippen molar-refractivity contribution in [1.29, 1.82) is 0 Å². The van der Waals surface area contributed by atoms with E-state index in [4.69, 9.17) is 0 Å². The zero-order valence-corrected chi connectivity index (χ0v) is 8.36. The van der Waals surface area contributed by atoms with Crippen LogP contribution in [-0.2, 0) is 9.53 Å². The molecule has 1 rings (SSSR count). The molecule has 0 spiro atoms. The first-order chi connectivity index (χ1) is 7.24.